The highest BCUT2D eigenvalue weighted by atomic mass is 16.1. The molecule has 2 N–H and O–H groups in total. The average molecular weight is 373 g/mol. The second-order valence-corrected chi connectivity index (χ2v) is 7.18. The van der Waals surface area contributed by atoms with Gasteiger partial charge in [-0.15, -0.1) is 0 Å². The predicted molar refractivity (Wildman–Crippen MR) is 110 cm³/mol. The number of nitrogens with one attached hydrogen (secondary N) is 2. The Morgan fingerprint density at radius 3 is 2.75 bits per heavy atom. The standard InChI is InChI=1S/C22H23N5O/c1-26-8-10-27(11-9-26)21-5-3-2-4-17(21)14-25-22(28)19-15-24-20-12-16(13-23)6-7-18(19)20/h2-7,12,15,24H,8-11,14H2,1H3,(H,25,28). The minimum absolute atomic E-state index is 0.121. The largest absolute Gasteiger partial charge is 0.369 e. The van der Waals surface area contributed by atoms with Gasteiger partial charge in [0.05, 0.1) is 17.2 Å². The number of hydrogen-bond acceptors (Lipinski definition) is 4. The zero-order valence-electron chi connectivity index (χ0n) is 15.9. The van der Waals surface area contributed by atoms with E-state index in [9.17, 15) is 4.79 Å². The Hall–Kier alpha value is -3.30. The monoisotopic (exact) mass is 373 g/mol. The molecule has 0 unspecified atom stereocenters. The first-order chi connectivity index (χ1) is 13.7. The summed E-state index contributed by atoms with van der Waals surface area (Å²) < 4.78 is 0. The number of amides is 1. The molecule has 1 fully saturated rings. The van der Waals surface area contributed by atoms with E-state index < -0.39 is 0 Å². The summed E-state index contributed by atoms with van der Waals surface area (Å²) in [5.41, 5.74) is 4.27. The van der Waals surface area contributed by atoms with Gasteiger partial charge in [-0.25, -0.2) is 0 Å². The second-order valence-electron chi connectivity index (χ2n) is 7.18. The molecule has 3 aromatic rings. The van der Waals surface area contributed by atoms with Gasteiger partial charge in [0, 0.05) is 55.5 Å². The Morgan fingerprint density at radius 1 is 1.18 bits per heavy atom. The van der Waals surface area contributed by atoms with E-state index >= 15 is 0 Å². The van der Waals surface area contributed by atoms with Crippen molar-refractivity contribution in [1.29, 1.82) is 5.26 Å². The highest BCUT2D eigenvalue weighted by Crippen LogP contribution is 2.23. The van der Waals surface area contributed by atoms with Gasteiger partial charge < -0.3 is 20.1 Å². The summed E-state index contributed by atoms with van der Waals surface area (Å²) in [4.78, 5) is 20.6. The second kappa shape index (κ2) is 7.75. The molecule has 1 aliphatic rings. The van der Waals surface area contributed by atoms with Crippen LogP contribution in [0.4, 0.5) is 5.69 Å². The number of piperazine rings is 1. The zero-order valence-corrected chi connectivity index (χ0v) is 15.9. The molecule has 6 nitrogen and oxygen atoms in total. The molecule has 142 valence electrons. The Bertz CT molecular complexity index is 1040. The fraction of sp³-hybridized carbons (Fsp3) is 0.273. The average Bonchev–Trinajstić information content (AvgIpc) is 3.16. The topological polar surface area (TPSA) is 75.2 Å². The number of aromatic nitrogens is 1. The van der Waals surface area contributed by atoms with E-state index in [4.69, 9.17) is 5.26 Å². The number of carbonyl (C=O) groups is 1. The van der Waals surface area contributed by atoms with Crippen molar-refractivity contribution in [2.75, 3.05) is 38.1 Å². The number of benzene rings is 2. The van der Waals surface area contributed by atoms with Crippen LogP contribution < -0.4 is 10.2 Å². The van der Waals surface area contributed by atoms with Gasteiger partial charge in [-0.1, -0.05) is 24.3 Å². The van der Waals surface area contributed by atoms with Gasteiger partial charge in [-0.2, -0.15) is 5.26 Å². The number of carbonyl (C=O) groups excluding carboxylic acids is 1. The Labute approximate surface area is 164 Å². The minimum Gasteiger partial charge on any atom is -0.369 e. The number of fused-ring (bicyclic) bond motifs is 1. The molecular formula is C22H23N5O. The van der Waals surface area contributed by atoms with E-state index in [2.05, 4.69) is 45.4 Å². The number of hydrogen-bond donors (Lipinski definition) is 2. The first-order valence-electron chi connectivity index (χ1n) is 9.46. The van der Waals surface area contributed by atoms with E-state index in [0.717, 1.165) is 42.6 Å². The molecule has 0 radical (unpaired) electrons. The zero-order chi connectivity index (χ0) is 19.5. The number of nitriles is 1. The van der Waals surface area contributed by atoms with Crippen molar-refractivity contribution in [2.45, 2.75) is 6.54 Å². The molecule has 6 heteroatoms. The van der Waals surface area contributed by atoms with Crippen LogP contribution in [-0.2, 0) is 6.54 Å². The number of likely N-dealkylation sites (N-methyl/N-ethyl adjacent to an activating group) is 1. The normalized spacial score (nSPS) is 14.8. The van der Waals surface area contributed by atoms with Gasteiger partial charge in [-0.05, 0) is 30.8 Å². The summed E-state index contributed by atoms with van der Waals surface area (Å²) in [5.74, 6) is -0.121. The molecular weight excluding hydrogens is 350 g/mol. The summed E-state index contributed by atoms with van der Waals surface area (Å²) in [5, 5.41) is 12.9. The van der Waals surface area contributed by atoms with Crippen LogP contribution in [0.25, 0.3) is 10.9 Å². The van der Waals surface area contributed by atoms with Crippen LogP contribution in [0.3, 0.4) is 0 Å². The van der Waals surface area contributed by atoms with Crippen molar-refractivity contribution < 1.29 is 4.79 Å². The predicted octanol–water partition coefficient (Wildman–Crippen LogP) is 2.72. The Kier molecular flexibility index (Phi) is 5.00. The molecule has 0 atom stereocenters. The van der Waals surface area contributed by atoms with Crippen molar-refractivity contribution in [3.05, 3.63) is 65.4 Å². The van der Waals surface area contributed by atoms with Gasteiger partial charge in [-0.3, -0.25) is 4.79 Å². The van der Waals surface area contributed by atoms with Crippen LogP contribution in [0.15, 0.2) is 48.7 Å². The van der Waals surface area contributed by atoms with Crippen LogP contribution in [0, 0.1) is 11.3 Å². The fourth-order valence-corrected chi connectivity index (χ4v) is 3.67. The number of nitrogens with zero attached hydrogens (tertiary/aromatic N) is 3. The van der Waals surface area contributed by atoms with Gasteiger partial charge in [0.15, 0.2) is 0 Å². The molecule has 0 bridgehead atoms. The van der Waals surface area contributed by atoms with Gasteiger partial charge >= 0.3 is 0 Å². The third kappa shape index (κ3) is 3.57. The minimum atomic E-state index is -0.121. The molecule has 1 saturated heterocycles. The van der Waals surface area contributed by atoms with Crippen molar-refractivity contribution in [2.24, 2.45) is 0 Å². The van der Waals surface area contributed by atoms with Crippen LogP contribution >= 0.6 is 0 Å². The maximum absolute atomic E-state index is 12.8. The summed E-state index contributed by atoms with van der Waals surface area (Å²) in [6.45, 7) is 4.54. The molecule has 0 saturated carbocycles. The summed E-state index contributed by atoms with van der Waals surface area (Å²) >= 11 is 0. The third-order valence-corrected chi connectivity index (χ3v) is 5.33. The highest BCUT2D eigenvalue weighted by Gasteiger charge is 2.18. The van der Waals surface area contributed by atoms with Crippen molar-refractivity contribution in [3.63, 3.8) is 0 Å². The summed E-state index contributed by atoms with van der Waals surface area (Å²) in [7, 11) is 2.14. The van der Waals surface area contributed by atoms with Crippen LogP contribution in [-0.4, -0.2) is 49.0 Å². The summed E-state index contributed by atoms with van der Waals surface area (Å²) in [6, 6.07) is 15.7. The van der Waals surface area contributed by atoms with E-state index in [1.807, 2.05) is 18.2 Å². The molecule has 1 aliphatic heterocycles. The maximum Gasteiger partial charge on any atom is 0.253 e. The lowest BCUT2D eigenvalue weighted by Crippen LogP contribution is -2.45. The lowest BCUT2D eigenvalue weighted by Gasteiger charge is -2.35. The molecule has 1 amide bonds. The molecule has 2 aromatic carbocycles. The number of anilines is 1. The first-order valence-corrected chi connectivity index (χ1v) is 9.46. The Morgan fingerprint density at radius 2 is 1.96 bits per heavy atom. The van der Waals surface area contributed by atoms with E-state index in [1.54, 1.807) is 18.3 Å². The lowest BCUT2D eigenvalue weighted by molar-refractivity contribution is 0.0952. The highest BCUT2D eigenvalue weighted by molar-refractivity contribution is 6.06. The molecule has 0 aliphatic carbocycles. The molecule has 1 aromatic heterocycles. The van der Waals surface area contributed by atoms with E-state index in [-0.39, 0.29) is 5.91 Å². The summed E-state index contributed by atoms with van der Waals surface area (Å²) in [6.07, 6.45) is 1.70. The van der Waals surface area contributed by atoms with E-state index in [0.29, 0.717) is 17.7 Å². The molecule has 28 heavy (non-hydrogen) atoms. The molecule has 2 heterocycles. The smallest absolute Gasteiger partial charge is 0.253 e. The van der Waals surface area contributed by atoms with Crippen LogP contribution in [0.5, 0.6) is 0 Å². The van der Waals surface area contributed by atoms with Crippen molar-refractivity contribution in [1.82, 2.24) is 15.2 Å². The number of H-pyrrole nitrogens is 1. The molecule has 4 rings (SSSR count). The van der Waals surface area contributed by atoms with E-state index in [1.165, 1.54) is 5.69 Å². The number of rotatable bonds is 4. The van der Waals surface area contributed by atoms with Crippen LogP contribution in [0.1, 0.15) is 21.5 Å². The van der Waals surface area contributed by atoms with Gasteiger partial charge in [0.2, 0.25) is 0 Å². The van der Waals surface area contributed by atoms with Gasteiger partial charge in [0.25, 0.3) is 5.91 Å². The van der Waals surface area contributed by atoms with Crippen molar-refractivity contribution in [3.8, 4) is 6.07 Å². The van der Waals surface area contributed by atoms with Crippen LogP contribution in [0.2, 0.25) is 0 Å². The number of para-hydroxylation sites is 1. The fourth-order valence-electron chi connectivity index (χ4n) is 3.67. The SMILES string of the molecule is CN1CCN(c2ccccc2CNC(=O)c2c[nH]c3cc(C#N)ccc23)CC1. The molecule has 0 spiro atoms. The number of aromatic amines is 1. The maximum atomic E-state index is 12.8. The lowest BCUT2D eigenvalue weighted by atomic mass is 10.1. The first kappa shape index (κ1) is 18.1. The van der Waals surface area contributed by atoms with Crippen molar-refractivity contribution >= 4 is 22.5 Å². The third-order valence-electron chi connectivity index (χ3n) is 5.33. The quantitative estimate of drug-likeness (QED) is 0.737. The Balaban J connectivity index is 1.49. The van der Waals surface area contributed by atoms with Gasteiger partial charge in [0.1, 0.15) is 0 Å².